The van der Waals surface area contributed by atoms with Crippen LogP contribution in [0.3, 0.4) is 0 Å². The minimum atomic E-state index is 0.402. The van der Waals surface area contributed by atoms with Gasteiger partial charge in [-0.3, -0.25) is 0 Å². The molecule has 3 N–H and O–H groups in total. The zero-order valence-corrected chi connectivity index (χ0v) is 13.3. The predicted molar refractivity (Wildman–Crippen MR) is 86.1 cm³/mol. The van der Waals surface area contributed by atoms with Crippen molar-refractivity contribution < 1.29 is 9.47 Å². The van der Waals surface area contributed by atoms with E-state index >= 15 is 0 Å². The molecule has 0 aliphatic carbocycles. The number of methoxy groups -OCH3 is 1. The molecule has 1 saturated heterocycles. The monoisotopic (exact) mass is 304 g/mol. The molecule has 1 aromatic carbocycles. The molecule has 1 heterocycles. The van der Waals surface area contributed by atoms with E-state index in [9.17, 15) is 0 Å². The van der Waals surface area contributed by atoms with Crippen LogP contribution in [0.15, 0.2) is 12.1 Å². The number of nitrogen functional groups attached to an aromatic ring is 1. The van der Waals surface area contributed by atoms with Gasteiger partial charge in [-0.15, -0.1) is 0 Å². The maximum atomic E-state index is 8.97. The van der Waals surface area contributed by atoms with Gasteiger partial charge in [0.15, 0.2) is 11.5 Å². The molecule has 1 aliphatic heterocycles. The fraction of sp³-hybridized carbons (Fsp3) is 0.562. The maximum Gasteiger partial charge on any atom is 0.163 e. The molecule has 1 fully saturated rings. The fourth-order valence-electron chi connectivity index (χ4n) is 2.63. The van der Waals surface area contributed by atoms with Crippen LogP contribution >= 0.6 is 0 Å². The Balaban J connectivity index is 1.84. The van der Waals surface area contributed by atoms with E-state index in [0.29, 0.717) is 35.4 Å². The summed E-state index contributed by atoms with van der Waals surface area (Å²) in [4.78, 5) is 2.44. The molecule has 1 unspecified atom stereocenters. The van der Waals surface area contributed by atoms with E-state index in [4.69, 9.17) is 20.5 Å². The van der Waals surface area contributed by atoms with E-state index in [-0.39, 0.29) is 0 Å². The van der Waals surface area contributed by atoms with E-state index in [2.05, 4.69) is 17.1 Å². The summed E-state index contributed by atoms with van der Waals surface area (Å²) in [5, 5.41) is 12.4. The Hall–Kier alpha value is -1.97. The number of nitrogens with one attached hydrogen (secondary N) is 1. The van der Waals surface area contributed by atoms with Crippen molar-refractivity contribution in [3.63, 3.8) is 0 Å². The van der Waals surface area contributed by atoms with Crippen LogP contribution in [0, 0.1) is 11.3 Å². The first-order valence-electron chi connectivity index (χ1n) is 7.60. The molecule has 0 amide bonds. The third-order valence-corrected chi connectivity index (χ3v) is 3.79. The lowest BCUT2D eigenvalue weighted by molar-refractivity contribution is 0.187. The summed E-state index contributed by atoms with van der Waals surface area (Å²) in [5.74, 6) is 1.13. The standard InChI is InChI=1S/C16H24N4O2/c1-12-11-20(6-4-19-12)5-3-7-22-16-9-14(18)13(10-17)8-15(16)21-2/h8-9,12,19H,3-7,11,18H2,1-2H3. The summed E-state index contributed by atoms with van der Waals surface area (Å²) in [6, 6.07) is 5.86. The first kappa shape index (κ1) is 16.4. The number of ether oxygens (including phenoxy) is 2. The Morgan fingerprint density at radius 3 is 2.95 bits per heavy atom. The minimum Gasteiger partial charge on any atom is -0.493 e. The number of nitrogens with two attached hydrogens (primary N) is 1. The number of anilines is 1. The SMILES string of the molecule is COc1cc(C#N)c(N)cc1OCCCN1CCNC(C)C1. The second kappa shape index (κ2) is 7.87. The quantitative estimate of drug-likeness (QED) is 0.607. The Morgan fingerprint density at radius 1 is 1.45 bits per heavy atom. The molecule has 0 radical (unpaired) electrons. The maximum absolute atomic E-state index is 8.97. The van der Waals surface area contributed by atoms with E-state index in [1.54, 1.807) is 19.2 Å². The van der Waals surface area contributed by atoms with Crippen molar-refractivity contribution in [1.82, 2.24) is 10.2 Å². The van der Waals surface area contributed by atoms with Gasteiger partial charge >= 0.3 is 0 Å². The summed E-state index contributed by atoms with van der Waals surface area (Å²) in [5.41, 5.74) is 6.63. The third-order valence-electron chi connectivity index (χ3n) is 3.79. The highest BCUT2D eigenvalue weighted by Gasteiger charge is 2.15. The van der Waals surface area contributed by atoms with Crippen molar-refractivity contribution in [2.45, 2.75) is 19.4 Å². The largest absolute Gasteiger partial charge is 0.493 e. The number of nitrogens with zero attached hydrogens (tertiary/aromatic N) is 2. The summed E-state index contributed by atoms with van der Waals surface area (Å²) in [6.07, 6.45) is 0.940. The number of rotatable bonds is 6. The fourth-order valence-corrected chi connectivity index (χ4v) is 2.63. The van der Waals surface area contributed by atoms with Crippen LogP contribution in [0.4, 0.5) is 5.69 Å². The number of piperazine rings is 1. The number of benzene rings is 1. The van der Waals surface area contributed by atoms with Crippen molar-refractivity contribution in [3.05, 3.63) is 17.7 Å². The zero-order chi connectivity index (χ0) is 15.9. The van der Waals surface area contributed by atoms with E-state index in [0.717, 1.165) is 32.6 Å². The molecule has 1 aromatic rings. The number of hydrogen-bond acceptors (Lipinski definition) is 6. The lowest BCUT2D eigenvalue weighted by Gasteiger charge is -2.31. The second-order valence-electron chi connectivity index (χ2n) is 5.56. The van der Waals surface area contributed by atoms with Crippen LogP contribution in [-0.4, -0.2) is 50.8 Å². The lowest BCUT2D eigenvalue weighted by atomic mass is 10.2. The summed E-state index contributed by atoms with van der Waals surface area (Å²) < 4.78 is 11.0. The molecule has 0 saturated carbocycles. The van der Waals surface area contributed by atoms with E-state index in [1.807, 2.05) is 6.07 Å². The summed E-state index contributed by atoms with van der Waals surface area (Å²) in [6.45, 7) is 7.01. The van der Waals surface area contributed by atoms with Gasteiger partial charge in [0.2, 0.25) is 0 Å². The van der Waals surface area contributed by atoms with Crippen molar-refractivity contribution in [1.29, 1.82) is 5.26 Å². The highest BCUT2D eigenvalue weighted by atomic mass is 16.5. The van der Waals surface area contributed by atoms with Crippen LogP contribution in [0.5, 0.6) is 11.5 Å². The Bertz CT molecular complexity index is 542. The molecular formula is C16H24N4O2. The summed E-state index contributed by atoms with van der Waals surface area (Å²) in [7, 11) is 1.56. The van der Waals surface area contributed by atoms with Crippen LogP contribution in [0.25, 0.3) is 0 Å². The average molecular weight is 304 g/mol. The van der Waals surface area contributed by atoms with Gasteiger partial charge in [0.05, 0.1) is 25.0 Å². The first-order valence-corrected chi connectivity index (χ1v) is 7.60. The average Bonchev–Trinajstić information content (AvgIpc) is 2.52. The van der Waals surface area contributed by atoms with Gasteiger partial charge < -0.3 is 25.4 Å². The van der Waals surface area contributed by atoms with Gasteiger partial charge in [-0.25, -0.2) is 0 Å². The summed E-state index contributed by atoms with van der Waals surface area (Å²) >= 11 is 0. The van der Waals surface area contributed by atoms with Crippen molar-refractivity contribution in [2.24, 2.45) is 0 Å². The van der Waals surface area contributed by atoms with Gasteiger partial charge in [0.25, 0.3) is 0 Å². The van der Waals surface area contributed by atoms with Gasteiger partial charge in [-0.2, -0.15) is 5.26 Å². The van der Waals surface area contributed by atoms with Gasteiger partial charge in [-0.1, -0.05) is 0 Å². The topological polar surface area (TPSA) is 83.5 Å². The highest BCUT2D eigenvalue weighted by Crippen LogP contribution is 2.31. The van der Waals surface area contributed by atoms with E-state index in [1.165, 1.54) is 0 Å². The molecule has 6 heteroatoms. The number of hydrogen-bond donors (Lipinski definition) is 2. The Morgan fingerprint density at radius 2 is 2.27 bits per heavy atom. The smallest absolute Gasteiger partial charge is 0.163 e. The molecular weight excluding hydrogens is 280 g/mol. The highest BCUT2D eigenvalue weighted by molar-refractivity contribution is 5.62. The number of nitriles is 1. The second-order valence-corrected chi connectivity index (χ2v) is 5.56. The van der Waals surface area contributed by atoms with Crippen molar-refractivity contribution in [2.75, 3.05) is 45.6 Å². The third kappa shape index (κ3) is 4.26. The Labute approximate surface area is 131 Å². The van der Waals surface area contributed by atoms with Crippen LogP contribution in [0.1, 0.15) is 18.9 Å². The lowest BCUT2D eigenvalue weighted by Crippen LogP contribution is -2.49. The van der Waals surface area contributed by atoms with Crippen LogP contribution in [0.2, 0.25) is 0 Å². The zero-order valence-electron chi connectivity index (χ0n) is 13.3. The molecule has 1 atom stereocenters. The molecule has 22 heavy (non-hydrogen) atoms. The van der Waals surface area contributed by atoms with Gasteiger partial charge in [-0.05, 0) is 13.3 Å². The van der Waals surface area contributed by atoms with E-state index < -0.39 is 0 Å². The van der Waals surface area contributed by atoms with Gasteiger partial charge in [0, 0.05) is 44.4 Å². The van der Waals surface area contributed by atoms with Crippen molar-refractivity contribution in [3.8, 4) is 17.6 Å². The Kier molecular flexibility index (Phi) is 5.87. The predicted octanol–water partition coefficient (Wildman–Crippen LogP) is 1.21. The van der Waals surface area contributed by atoms with Crippen molar-refractivity contribution >= 4 is 5.69 Å². The molecule has 0 aromatic heterocycles. The van der Waals surface area contributed by atoms with Crippen LogP contribution in [-0.2, 0) is 0 Å². The molecule has 0 spiro atoms. The molecule has 6 nitrogen and oxygen atoms in total. The molecule has 0 bridgehead atoms. The van der Waals surface area contributed by atoms with Gasteiger partial charge in [0.1, 0.15) is 6.07 Å². The normalized spacial score (nSPS) is 18.7. The molecule has 2 rings (SSSR count). The molecule has 1 aliphatic rings. The minimum absolute atomic E-state index is 0.402. The van der Waals surface area contributed by atoms with Crippen LogP contribution < -0.4 is 20.5 Å². The molecule has 120 valence electrons. The first-order chi connectivity index (χ1) is 10.6.